The molecule has 1 saturated carbocycles. The fourth-order valence-corrected chi connectivity index (χ4v) is 3.98. The molecular formula is C19H29ClN2O. The number of rotatable bonds is 5. The topological polar surface area (TPSA) is 24.5 Å². The van der Waals surface area contributed by atoms with Crippen LogP contribution in [0.3, 0.4) is 0 Å². The van der Waals surface area contributed by atoms with Gasteiger partial charge in [-0.1, -0.05) is 12.1 Å². The van der Waals surface area contributed by atoms with E-state index in [0.717, 1.165) is 24.8 Å². The van der Waals surface area contributed by atoms with Crippen LogP contribution in [0.2, 0.25) is 0 Å². The van der Waals surface area contributed by atoms with Gasteiger partial charge in [0.05, 0.1) is 6.61 Å². The third-order valence-corrected chi connectivity index (χ3v) is 5.69. The van der Waals surface area contributed by atoms with E-state index in [4.69, 9.17) is 4.74 Å². The molecule has 0 amide bonds. The van der Waals surface area contributed by atoms with Crippen molar-refractivity contribution in [3.05, 3.63) is 29.8 Å². The number of benzene rings is 1. The summed E-state index contributed by atoms with van der Waals surface area (Å²) in [6, 6.07) is 8.79. The number of nitrogens with zero attached hydrogens (tertiary/aromatic N) is 1. The Morgan fingerprint density at radius 1 is 1.09 bits per heavy atom. The van der Waals surface area contributed by atoms with Crippen molar-refractivity contribution in [1.29, 1.82) is 0 Å². The maximum Gasteiger partial charge on any atom is 0.119 e. The van der Waals surface area contributed by atoms with E-state index < -0.39 is 0 Å². The van der Waals surface area contributed by atoms with Crippen molar-refractivity contribution >= 4 is 12.4 Å². The molecule has 128 valence electrons. The maximum atomic E-state index is 5.82. The second-order valence-corrected chi connectivity index (χ2v) is 7.61. The van der Waals surface area contributed by atoms with Crippen molar-refractivity contribution < 1.29 is 4.74 Å². The Balaban J connectivity index is 0.00000156. The molecule has 3 fully saturated rings. The first-order chi connectivity index (χ1) is 10.8. The molecule has 2 heterocycles. The molecule has 1 aromatic rings. The second kappa shape index (κ2) is 7.42. The summed E-state index contributed by atoms with van der Waals surface area (Å²) in [5, 5.41) is 3.50. The van der Waals surface area contributed by atoms with Gasteiger partial charge in [0, 0.05) is 13.1 Å². The van der Waals surface area contributed by atoms with Crippen molar-refractivity contribution in [1.82, 2.24) is 10.2 Å². The Hall–Kier alpha value is -0.770. The zero-order valence-electron chi connectivity index (χ0n) is 13.9. The zero-order valence-corrected chi connectivity index (χ0v) is 14.7. The molecule has 4 rings (SSSR count). The molecule has 1 aliphatic carbocycles. The van der Waals surface area contributed by atoms with Gasteiger partial charge in [-0.2, -0.15) is 0 Å². The lowest BCUT2D eigenvalue weighted by molar-refractivity contribution is 0.194. The van der Waals surface area contributed by atoms with Gasteiger partial charge in [0.1, 0.15) is 5.75 Å². The largest absolute Gasteiger partial charge is 0.493 e. The van der Waals surface area contributed by atoms with Gasteiger partial charge < -0.3 is 10.1 Å². The van der Waals surface area contributed by atoms with E-state index in [1.165, 1.54) is 63.8 Å². The van der Waals surface area contributed by atoms with Crippen LogP contribution in [0.25, 0.3) is 0 Å². The maximum absolute atomic E-state index is 5.82. The Kier molecular flexibility index (Phi) is 5.50. The molecule has 0 radical (unpaired) electrons. The van der Waals surface area contributed by atoms with Gasteiger partial charge in [-0.15, -0.1) is 12.4 Å². The monoisotopic (exact) mass is 336 g/mol. The smallest absolute Gasteiger partial charge is 0.119 e. The van der Waals surface area contributed by atoms with E-state index in [2.05, 4.69) is 34.5 Å². The second-order valence-electron chi connectivity index (χ2n) is 7.61. The van der Waals surface area contributed by atoms with Crippen LogP contribution in [-0.2, 0) is 6.54 Å². The lowest BCUT2D eigenvalue weighted by Crippen LogP contribution is -2.38. The van der Waals surface area contributed by atoms with E-state index in [-0.39, 0.29) is 12.4 Å². The lowest BCUT2D eigenvalue weighted by Gasteiger charge is -2.33. The number of hydrogen-bond donors (Lipinski definition) is 1. The first-order valence-corrected chi connectivity index (χ1v) is 8.96. The Labute approximate surface area is 146 Å². The molecule has 1 spiro atoms. The highest BCUT2D eigenvalue weighted by Crippen LogP contribution is 2.39. The molecule has 2 aliphatic heterocycles. The number of halogens is 1. The van der Waals surface area contributed by atoms with Gasteiger partial charge in [0.25, 0.3) is 0 Å². The van der Waals surface area contributed by atoms with Crippen molar-refractivity contribution in [3.63, 3.8) is 0 Å². The van der Waals surface area contributed by atoms with Crippen molar-refractivity contribution in [2.75, 3.05) is 32.8 Å². The summed E-state index contributed by atoms with van der Waals surface area (Å²) in [4.78, 5) is 2.64. The summed E-state index contributed by atoms with van der Waals surface area (Å²) in [6.45, 7) is 6.97. The fourth-order valence-electron chi connectivity index (χ4n) is 3.98. The standard InChI is InChI=1S/C19H28N2O.ClH/c1-2-17(1)14-22-18-5-3-16(4-6-18)13-21-12-9-19(15-21)7-10-20-11-8-19;/h3-6,17,20H,1-2,7-15H2;1H. The normalized spacial score (nSPS) is 23.7. The summed E-state index contributed by atoms with van der Waals surface area (Å²) in [5.74, 6) is 1.86. The first kappa shape index (κ1) is 17.1. The Morgan fingerprint density at radius 3 is 2.52 bits per heavy atom. The predicted molar refractivity (Wildman–Crippen MR) is 96.3 cm³/mol. The molecular weight excluding hydrogens is 308 g/mol. The number of piperidine rings is 1. The van der Waals surface area contributed by atoms with Crippen molar-refractivity contribution in [2.24, 2.45) is 11.3 Å². The number of hydrogen-bond acceptors (Lipinski definition) is 3. The average Bonchev–Trinajstić information content (AvgIpc) is 3.31. The highest BCUT2D eigenvalue weighted by Gasteiger charge is 2.38. The highest BCUT2D eigenvalue weighted by atomic mass is 35.5. The van der Waals surface area contributed by atoms with Gasteiger partial charge in [-0.3, -0.25) is 4.90 Å². The van der Waals surface area contributed by atoms with E-state index in [9.17, 15) is 0 Å². The molecule has 4 heteroatoms. The minimum absolute atomic E-state index is 0. The minimum atomic E-state index is 0. The van der Waals surface area contributed by atoms with Gasteiger partial charge in [0.2, 0.25) is 0 Å². The molecule has 0 aromatic heterocycles. The van der Waals surface area contributed by atoms with Gasteiger partial charge >= 0.3 is 0 Å². The predicted octanol–water partition coefficient (Wildman–Crippen LogP) is 3.47. The van der Waals surface area contributed by atoms with Crippen LogP contribution in [0.15, 0.2) is 24.3 Å². The number of nitrogens with one attached hydrogen (secondary N) is 1. The third-order valence-electron chi connectivity index (χ3n) is 5.69. The molecule has 0 bridgehead atoms. The van der Waals surface area contributed by atoms with Crippen LogP contribution in [0.5, 0.6) is 5.75 Å². The van der Waals surface area contributed by atoms with Crippen molar-refractivity contribution in [3.8, 4) is 5.75 Å². The third kappa shape index (κ3) is 4.40. The molecule has 0 atom stereocenters. The van der Waals surface area contributed by atoms with Crippen LogP contribution in [-0.4, -0.2) is 37.7 Å². The number of likely N-dealkylation sites (tertiary alicyclic amines) is 1. The molecule has 1 N–H and O–H groups in total. The average molecular weight is 337 g/mol. The summed E-state index contributed by atoms with van der Waals surface area (Å²) in [7, 11) is 0. The fraction of sp³-hybridized carbons (Fsp3) is 0.684. The summed E-state index contributed by atoms with van der Waals surface area (Å²) < 4.78 is 5.82. The minimum Gasteiger partial charge on any atom is -0.493 e. The number of ether oxygens (including phenoxy) is 1. The summed E-state index contributed by atoms with van der Waals surface area (Å²) in [5.41, 5.74) is 2.03. The molecule has 1 aromatic carbocycles. The molecule has 0 unspecified atom stereocenters. The summed E-state index contributed by atoms with van der Waals surface area (Å²) >= 11 is 0. The van der Waals surface area contributed by atoms with E-state index in [1.54, 1.807) is 0 Å². The van der Waals surface area contributed by atoms with Crippen molar-refractivity contribution in [2.45, 2.75) is 38.6 Å². The Morgan fingerprint density at radius 2 is 1.83 bits per heavy atom. The Bertz CT molecular complexity index is 495. The van der Waals surface area contributed by atoms with Crippen LogP contribution >= 0.6 is 12.4 Å². The van der Waals surface area contributed by atoms with E-state index in [0.29, 0.717) is 5.41 Å². The van der Waals surface area contributed by atoms with Gasteiger partial charge in [-0.05, 0) is 80.8 Å². The van der Waals surface area contributed by atoms with Gasteiger partial charge in [-0.25, -0.2) is 0 Å². The molecule has 23 heavy (non-hydrogen) atoms. The van der Waals surface area contributed by atoms with E-state index >= 15 is 0 Å². The van der Waals surface area contributed by atoms with Crippen LogP contribution < -0.4 is 10.1 Å². The summed E-state index contributed by atoms with van der Waals surface area (Å²) in [6.07, 6.45) is 6.81. The molecule has 3 aliphatic rings. The van der Waals surface area contributed by atoms with Crippen LogP contribution in [0, 0.1) is 11.3 Å². The zero-order chi connectivity index (χ0) is 14.8. The SMILES string of the molecule is Cl.c1cc(OCC2CC2)ccc1CN1CCC2(CCNCC2)C1. The molecule has 3 nitrogen and oxygen atoms in total. The first-order valence-electron chi connectivity index (χ1n) is 8.96. The van der Waals surface area contributed by atoms with Crippen LogP contribution in [0.1, 0.15) is 37.7 Å². The quantitative estimate of drug-likeness (QED) is 0.891. The molecule has 2 saturated heterocycles. The van der Waals surface area contributed by atoms with Crippen LogP contribution in [0.4, 0.5) is 0 Å². The lowest BCUT2D eigenvalue weighted by atomic mass is 9.78. The highest BCUT2D eigenvalue weighted by molar-refractivity contribution is 5.85. The van der Waals surface area contributed by atoms with E-state index in [1.807, 2.05) is 0 Å². The van der Waals surface area contributed by atoms with Gasteiger partial charge in [0.15, 0.2) is 0 Å².